The van der Waals surface area contributed by atoms with Crippen molar-refractivity contribution in [2.24, 2.45) is 0 Å². The van der Waals surface area contributed by atoms with Gasteiger partial charge in [0.25, 0.3) is 0 Å². The summed E-state index contributed by atoms with van der Waals surface area (Å²) in [5.41, 5.74) is 1.32. The molecule has 0 heterocycles. The van der Waals surface area contributed by atoms with Crippen LogP contribution in [0.4, 0.5) is 0 Å². The number of ketones is 1. The normalized spacial score (nSPS) is 10.8. The Balaban J connectivity index is 2.05. The van der Waals surface area contributed by atoms with E-state index in [1.807, 2.05) is 0 Å². The molecule has 0 atom stereocenters. The van der Waals surface area contributed by atoms with Gasteiger partial charge in [-0.2, -0.15) is 0 Å². The summed E-state index contributed by atoms with van der Waals surface area (Å²) >= 11 is 0. The van der Waals surface area contributed by atoms with Crippen molar-refractivity contribution in [1.82, 2.24) is 0 Å². The largest absolute Gasteiger partial charge is 0.493 e. The maximum Gasteiger partial charge on any atom is 0.341 e. The molecule has 0 amide bonds. The van der Waals surface area contributed by atoms with Gasteiger partial charge in [-0.1, -0.05) is 24.3 Å². The molecular weight excluding hydrogens is 420 g/mol. The van der Waals surface area contributed by atoms with Crippen molar-refractivity contribution in [2.45, 2.75) is 0 Å². The Morgan fingerprint density at radius 3 is 1.47 bits per heavy atom. The van der Waals surface area contributed by atoms with Crippen molar-refractivity contribution in [3.63, 3.8) is 0 Å². The molecule has 0 bridgehead atoms. The highest BCUT2D eigenvalue weighted by Gasteiger charge is 2.08. The lowest BCUT2D eigenvalue weighted by Crippen LogP contribution is -2.10. The van der Waals surface area contributed by atoms with Crippen LogP contribution in [0.5, 0.6) is 23.0 Å². The maximum absolute atomic E-state index is 12.2. The molecule has 0 aliphatic rings. The Labute approximate surface area is 184 Å². The highest BCUT2D eigenvalue weighted by atomic mass is 16.5. The van der Waals surface area contributed by atoms with Gasteiger partial charge in [-0.25, -0.2) is 9.59 Å². The predicted molar refractivity (Wildman–Crippen MR) is 115 cm³/mol. The summed E-state index contributed by atoms with van der Waals surface area (Å²) in [5.74, 6) is -1.24. The molecule has 0 unspecified atom stereocenters. The van der Waals surface area contributed by atoms with Crippen LogP contribution in [-0.4, -0.2) is 55.4 Å². The van der Waals surface area contributed by atoms with Gasteiger partial charge in [0.05, 0.1) is 14.2 Å². The number of rotatable bonds is 12. The van der Waals surface area contributed by atoms with E-state index in [1.165, 1.54) is 26.4 Å². The number of methoxy groups -OCH3 is 2. The zero-order chi connectivity index (χ0) is 23.5. The van der Waals surface area contributed by atoms with Crippen LogP contribution in [-0.2, 0) is 14.4 Å². The fraction of sp³-hybridized carbons (Fsp3) is 0.174. The lowest BCUT2D eigenvalue weighted by molar-refractivity contribution is -0.140. The molecule has 32 heavy (non-hydrogen) atoms. The van der Waals surface area contributed by atoms with E-state index < -0.39 is 25.2 Å². The van der Waals surface area contributed by atoms with Gasteiger partial charge in [0.15, 0.2) is 42.0 Å². The lowest BCUT2D eigenvalue weighted by Gasteiger charge is -2.09. The first-order valence-electron chi connectivity index (χ1n) is 9.27. The van der Waals surface area contributed by atoms with Gasteiger partial charge in [-0.05, 0) is 47.5 Å². The van der Waals surface area contributed by atoms with Crippen molar-refractivity contribution in [2.75, 3.05) is 27.4 Å². The molecule has 9 heteroatoms. The molecule has 2 rings (SSSR count). The second-order valence-corrected chi connectivity index (χ2v) is 6.25. The quantitative estimate of drug-likeness (QED) is 0.477. The SMILES string of the molecule is COc1cc(C=CC(=O)C=Cc2ccc(OCC(=O)O)c(OC)c2)ccc1OCC(=O)O. The van der Waals surface area contributed by atoms with Gasteiger partial charge in [0, 0.05) is 0 Å². The fourth-order valence-electron chi connectivity index (χ4n) is 2.51. The van der Waals surface area contributed by atoms with Crippen LogP contribution in [0.25, 0.3) is 12.2 Å². The van der Waals surface area contributed by atoms with Crippen LogP contribution in [0.2, 0.25) is 0 Å². The number of benzene rings is 2. The second kappa shape index (κ2) is 11.8. The molecule has 2 aromatic carbocycles. The summed E-state index contributed by atoms with van der Waals surface area (Å²) in [6.45, 7) is -0.988. The maximum atomic E-state index is 12.2. The lowest BCUT2D eigenvalue weighted by atomic mass is 10.1. The minimum atomic E-state index is -1.10. The molecule has 0 saturated heterocycles. The highest BCUT2D eigenvalue weighted by molar-refractivity contribution is 6.04. The van der Waals surface area contributed by atoms with Gasteiger partial charge in [-0.3, -0.25) is 4.79 Å². The number of hydrogen-bond donors (Lipinski definition) is 2. The van der Waals surface area contributed by atoms with Crippen molar-refractivity contribution < 1.29 is 43.5 Å². The van der Waals surface area contributed by atoms with E-state index in [9.17, 15) is 14.4 Å². The standard InChI is InChI=1S/C23H22O9/c1-29-20-11-15(5-9-18(20)31-13-22(25)26)3-7-17(24)8-4-16-6-10-19(21(12-16)30-2)32-14-23(27)28/h3-12H,13-14H2,1-2H3,(H,25,26)(H,27,28). The molecule has 168 valence electrons. The summed E-state index contributed by atoms with van der Waals surface area (Å²) in [6, 6.07) is 9.67. The first kappa shape index (κ1) is 24.0. The monoisotopic (exact) mass is 442 g/mol. The zero-order valence-electron chi connectivity index (χ0n) is 17.4. The average molecular weight is 442 g/mol. The molecular formula is C23H22O9. The molecule has 2 N–H and O–H groups in total. The molecule has 0 saturated carbocycles. The van der Waals surface area contributed by atoms with Crippen LogP contribution in [0.3, 0.4) is 0 Å². The van der Waals surface area contributed by atoms with E-state index in [0.717, 1.165) is 0 Å². The van der Waals surface area contributed by atoms with Crippen LogP contribution >= 0.6 is 0 Å². The average Bonchev–Trinajstić information content (AvgIpc) is 2.78. The Kier molecular flexibility index (Phi) is 8.85. The van der Waals surface area contributed by atoms with E-state index in [4.69, 9.17) is 29.2 Å². The van der Waals surface area contributed by atoms with E-state index in [2.05, 4.69) is 0 Å². The number of carboxylic acid groups (broad SMARTS) is 2. The van der Waals surface area contributed by atoms with Gasteiger partial charge in [0.1, 0.15) is 0 Å². The summed E-state index contributed by atoms with van der Waals surface area (Å²) in [7, 11) is 2.85. The number of hydrogen-bond acceptors (Lipinski definition) is 7. The third-order valence-electron chi connectivity index (χ3n) is 3.96. The van der Waals surface area contributed by atoms with Crippen molar-refractivity contribution in [1.29, 1.82) is 0 Å². The Bertz CT molecular complexity index is 956. The topological polar surface area (TPSA) is 129 Å². The fourth-order valence-corrected chi connectivity index (χ4v) is 2.51. The zero-order valence-corrected chi connectivity index (χ0v) is 17.4. The molecule has 0 aromatic heterocycles. The first-order valence-corrected chi connectivity index (χ1v) is 9.27. The Hall–Kier alpha value is -4.27. The smallest absolute Gasteiger partial charge is 0.341 e. The Morgan fingerprint density at radius 2 is 1.12 bits per heavy atom. The summed E-state index contributed by atoms with van der Waals surface area (Å²) in [4.78, 5) is 33.4. The summed E-state index contributed by atoms with van der Waals surface area (Å²) in [5, 5.41) is 17.4. The van der Waals surface area contributed by atoms with Crippen LogP contribution < -0.4 is 18.9 Å². The Morgan fingerprint density at radius 1 is 0.719 bits per heavy atom. The third-order valence-corrected chi connectivity index (χ3v) is 3.96. The first-order chi connectivity index (χ1) is 15.3. The van der Waals surface area contributed by atoms with Crippen LogP contribution in [0.15, 0.2) is 48.6 Å². The van der Waals surface area contributed by atoms with Crippen molar-refractivity contribution >= 4 is 29.9 Å². The van der Waals surface area contributed by atoms with E-state index in [1.54, 1.807) is 48.6 Å². The molecule has 0 spiro atoms. The molecule has 0 fully saturated rings. The summed E-state index contributed by atoms with van der Waals surface area (Å²) in [6.07, 6.45) is 5.90. The van der Waals surface area contributed by atoms with Crippen LogP contribution in [0.1, 0.15) is 11.1 Å². The van der Waals surface area contributed by atoms with Gasteiger partial charge >= 0.3 is 11.9 Å². The molecule has 0 aliphatic carbocycles. The molecule has 2 aromatic rings. The van der Waals surface area contributed by atoms with E-state index in [-0.39, 0.29) is 17.3 Å². The number of carboxylic acids is 2. The molecule has 0 radical (unpaired) electrons. The van der Waals surface area contributed by atoms with Gasteiger partial charge in [0.2, 0.25) is 0 Å². The minimum Gasteiger partial charge on any atom is -0.493 e. The van der Waals surface area contributed by atoms with E-state index >= 15 is 0 Å². The number of allylic oxidation sites excluding steroid dienone is 2. The van der Waals surface area contributed by atoms with Gasteiger partial charge in [-0.15, -0.1) is 0 Å². The molecule has 0 aliphatic heterocycles. The summed E-state index contributed by atoms with van der Waals surface area (Å²) < 4.78 is 20.6. The highest BCUT2D eigenvalue weighted by Crippen LogP contribution is 2.29. The number of ether oxygens (including phenoxy) is 4. The predicted octanol–water partition coefficient (Wildman–Crippen LogP) is 2.93. The van der Waals surface area contributed by atoms with Crippen molar-refractivity contribution in [3.8, 4) is 23.0 Å². The number of aliphatic carboxylic acids is 2. The van der Waals surface area contributed by atoms with E-state index in [0.29, 0.717) is 22.6 Å². The number of carbonyl (C=O) groups excluding carboxylic acids is 1. The number of carbonyl (C=O) groups is 3. The van der Waals surface area contributed by atoms with Crippen molar-refractivity contribution in [3.05, 3.63) is 59.7 Å². The third kappa shape index (κ3) is 7.52. The molecule has 9 nitrogen and oxygen atoms in total. The van der Waals surface area contributed by atoms with Gasteiger partial charge < -0.3 is 29.2 Å². The second-order valence-electron chi connectivity index (χ2n) is 6.25. The van der Waals surface area contributed by atoms with Crippen LogP contribution in [0, 0.1) is 0 Å². The minimum absolute atomic E-state index is 0.277.